The average Bonchev–Trinajstić information content (AvgIpc) is 2.68. The van der Waals surface area contributed by atoms with Crippen LogP contribution >= 0.6 is 0 Å². The van der Waals surface area contributed by atoms with Gasteiger partial charge in [-0.05, 0) is 73.2 Å². The van der Waals surface area contributed by atoms with Gasteiger partial charge in [0.15, 0.2) is 0 Å². The zero-order valence-corrected chi connectivity index (χ0v) is 14.0. The lowest BCUT2D eigenvalue weighted by atomic mass is 10.2. The Hall–Kier alpha value is -3.27. The number of aliphatic imine (C=N–C) groups is 1. The van der Waals surface area contributed by atoms with E-state index in [0.717, 1.165) is 28.4 Å². The van der Waals surface area contributed by atoms with Gasteiger partial charge in [0.05, 0.1) is 23.7 Å². The van der Waals surface area contributed by atoms with E-state index < -0.39 is 0 Å². The average molecular weight is 329 g/mol. The van der Waals surface area contributed by atoms with E-state index in [1.165, 1.54) is 0 Å². The van der Waals surface area contributed by atoms with Crippen LogP contribution < -0.4 is 4.74 Å². The Labute approximate surface area is 147 Å². The highest BCUT2D eigenvalue weighted by Gasteiger charge is 1.94. The first-order valence-electron chi connectivity index (χ1n) is 8.17. The van der Waals surface area contributed by atoms with Crippen molar-refractivity contribution in [1.29, 1.82) is 0 Å². The predicted octanol–water partition coefficient (Wildman–Crippen LogP) is 6.25. The zero-order valence-electron chi connectivity index (χ0n) is 14.0. The molecule has 0 aliphatic rings. The number of azo groups is 1. The molecule has 0 N–H and O–H groups in total. The molecule has 0 spiro atoms. The van der Waals surface area contributed by atoms with Gasteiger partial charge in [-0.25, -0.2) is 0 Å². The maximum Gasteiger partial charge on any atom is 0.119 e. The quantitative estimate of drug-likeness (QED) is 0.389. The van der Waals surface area contributed by atoms with Gasteiger partial charge in [-0.15, -0.1) is 0 Å². The van der Waals surface area contributed by atoms with E-state index in [2.05, 4.69) is 15.2 Å². The Bertz CT molecular complexity index is 839. The second-order valence-electron chi connectivity index (χ2n) is 5.31. The van der Waals surface area contributed by atoms with E-state index in [4.69, 9.17) is 4.74 Å². The van der Waals surface area contributed by atoms with Gasteiger partial charge in [0, 0.05) is 6.21 Å². The molecule has 4 heteroatoms. The van der Waals surface area contributed by atoms with Crippen LogP contribution in [-0.2, 0) is 0 Å². The van der Waals surface area contributed by atoms with E-state index in [-0.39, 0.29) is 0 Å². The van der Waals surface area contributed by atoms with Crippen molar-refractivity contribution in [3.63, 3.8) is 0 Å². The number of hydrogen-bond acceptors (Lipinski definition) is 4. The van der Waals surface area contributed by atoms with Crippen LogP contribution in [-0.4, -0.2) is 12.8 Å². The van der Waals surface area contributed by atoms with Crippen molar-refractivity contribution in [3.8, 4) is 5.75 Å². The topological polar surface area (TPSA) is 46.3 Å². The minimum Gasteiger partial charge on any atom is -0.494 e. The van der Waals surface area contributed by atoms with Crippen molar-refractivity contribution in [2.75, 3.05) is 6.61 Å². The molecule has 3 aromatic rings. The van der Waals surface area contributed by atoms with Crippen molar-refractivity contribution >= 4 is 23.3 Å². The molecule has 0 bridgehead atoms. The van der Waals surface area contributed by atoms with Crippen LogP contribution in [0, 0.1) is 0 Å². The van der Waals surface area contributed by atoms with Crippen LogP contribution in [0.25, 0.3) is 0 Å². The summed E-state index contributed by atoms with van der Waals surface area (Å²) in [6, 6.07) is 25.2. The number of hydrogen-bond donors (Lipinski definition) is 0. The maximum absolute atomic E-state index is 5.43. The van der Waals surface area contributed by atoms with Crippen LogP contribution in [0.4, 0.5) is 17.1 Å². The summed E-state index contributed by atoms with van der Waals surface area (Å²) >= 11 is 0. The number of nitrogens with zero attached hydrogens (tertiary/aromatic N) is 3. The first kappa shape index (κ1) is 16.6. The summed E-state index contributed by atoms with van der Waals surface area (Å²) < 4.78 is 5.43. The summed E-state index contributed by atoms with van der Waals surface area (Å²) in [5, 5.41) is 8.42. The smallest absolute Gasteiger partial charge is 0.119 e. The van der Waals surface area contributed by atoms with Gasteiger partial charge in [0.25, 0.3) is 0 Å². The van der Waals surface area contributed by atoms with Crippen LogP contribution in [0.3, 0.4) is 0 Å². The van der Waals surface area contributed by atoms with E-state index in [1.807, 2.05) is 92.0 Å². The molecule has 0 unspecified atom stereocenters. The molecule has 0 saturated carbocycles. The molecule has 124 valence electrons. The molecule has 4 nitrogen and oxygen atoms in total. The summed E-state index contributed by atoms with van der Waals surface area (Å²) in [5.41, 5.74) is 3.52. The van der Waals surface area contributed by atoms with Crippen molar-refractivity contribution in [2.45, 2.75) is 6.92 Å². The standard InChI is InChI=1S/C21H19N3O/c1-2-25-21-14-8-17(9-15-21)16-22-18-10-12-20(13-11-18)24-23-19-6-4-3-5-7-19/h3-16H,2H2,1H3. The first-order chi connectivity index (χ1) is 12.3. The van der Waals surface area contributed by atoms with Crippen molar-refractivity contribution in [3.05, 3.63) is 84.4 Å². The molecule has 0 fully saturated rings. The molecule has 0 aromatic heterocycles. The largest absolute Gasteiger partial charge is 0.494 e. The van der Waals surface area contributed by atoms with Crippen LogP contribution in [0.15, 0.2) is 94.1 Å². The fourth-order valence-electron chi connectivity index (χ4n) is 2.18. The fraction of sp³-hybridized carbons (Fsp3) is 0.0952. The Morgan fingerprint density at radius 3 is 1.96 bits per heavy atom. The minimum atomic E-state index is 0.668. The van der Waals surface area contributed by atoms with Gasteiger partial charge in [0.1, 0.15) is 5.75 Å². The van der Waals surface area contributed by atoms with E-state index in [0.29, 0.717) is 6.61 Å². The Balaban J connectivity index is 1.63. The summed E-state index contributed by atoms with van der Waals surface area (Å²) in [6.07, 6.45) is 1.83. The van der Waals surface area contributed by atoms with E-state index >= 15 is 0 Å². The number of rotatable bonds is 6. The third-order valence-electron chi connectivity index (χ3n) is 3.44. The molecule has 0 heterocycles. The molecule has 0 aliphatic carbocycles. The van der Waals surface area contributed by atoms with Crippen LogP contribution in [0.2, 0.25) is 0 Å². The SMILES string of the molecule is CCOc1ccc(C=Nc2ccc(N=Nc3ccccc3)cc2)cc1. The monoisotopic (exact) mass is 329 g/mol. The summed E-state index contributed by atoms with van der Waals surface area (Å²) in [7, 11) is 0. The lowest BCUT2D eigenvalue weighted by molar-refractivity contribution is 0.340. The second-order valence-corrected chi connectivity index (χ2v) is 5.31. The molecule has 0 saturated heterocycles. The molecule has 0 radical (unpaired) electrons. The predicted molar refractivity (Wildman–Crippen MR) is 102 cm³/mol. The zero-order chi connectivity index (χ0) is 17.3. The molecular weight excluding hydrogens is 310 g/mol. The van der Waals surface area contributed by atoms with Crippen molar-refractivity contribution in [1.82, 2.24) is 0 Å². The summed E-state index contributed by atoms with van der Waals surface area (Å²) in [5.74, 6) is 0.868. The number of benzene rings is 3. The Morgan fingerprint density at radius 2 is 1.32 bits per heavy atom. The second kappa shape index (κ2) is 8.55. The summed E-state index contributed by atoms with van der Waals surface area (Å²) in [4.78, 5) is 4.47. The normalized spacial score (nSPS) is 11.2. The van der Waals surface area contributed by atoms with Crippen LogP contribution in [0.5, 0.6) is 5.75 Å². The van der Waals surface area contributed by atoms with Gasteiger partial charge in [-0.1, -0.05) is 18.2 Å². The highest BCUT2D eigenvalue weighted by Crippen LogP contribution is 2.21. The van der Waals surface area contributed by atoms with Gasteiger partial charge in [-0.2, -0.15) is 10.2 Å². The molecule has 25 heavy (non-hydrogen) atoms. The van der Waals surface area contributed by atoms with E-state index in [1.54, 1.807) is 0 Å². The highest BCUT2D eigenvalue weighted by atomic mass is 16.5. The van der Waals surface area contributed by atoms with Crippen molar-refractivity contribution < 1.29 is 4.74 Å². The molecule has 3 aromatic carbocycles. The molecule has 0 aliphatic heterocycles. The molecular formula is C21H19N3O. The van der Waals surface area contributed by atoms with E-state index in [9.17, 15) is 0 Å². The third-order valence-corrected chi connectivity index (χ3v) is 3.44. The van der Waals surface area contributed by atoms with Gasteiger partial charge in [-0.3, -0.25) is 4.99 Å². The number of ether oxygens (including phenoxy) is 1. The Kier molecular flexibility index (Phi) is 5.67. The van der Waals surface area contributed by atoms with Gasteiger partial charge < -0.3 is 4.74 Å². The highest BCUT2D eigenvalue weighted by molar-refractivity contribution is 5.82. The first-order valence-corrected chi connectivity index (χ1v) is 8.17. The third kappa shape index (κ3) is 5.11. The van der Waals surface area contributed by atoms with Crippen LogP contribution in [0.1, 0.15) is 12.5 Å². The van der Waals surface area contributed by atoms with Gasteiger partial charge in [0.2, 0.25) is 0 Å². The molecule has 0 atom stereocenters. The summed E-state index contributed by atoms with van der Waals surface area (Å²) in [6.45, 7) is 2.64. The Morgan fingerprint density at radius 1 is 0.720 bits per heavy atom. The lowest BCUT2D eigenvalue weighted by Crippen LogP contribution is -1.91. The molecule has 0 amide bonds. The molecule has 3 rings (SSSR count). The van der Waals surface area contributed by atoms with Crippen molar-refractivity contribution in [2.24, 2.45) is 15.2 Å². The maximum atomic E-state index is 5.43. The van der Waals surface area contributed by atoms with Gasteiger partial charge >= 0.3 is 0 Å². The lowest BCUT2D eigenvalue weighted by Gasteiger charge is -2.02. The fourth-order valence-corrected chi connectivity index (χ4v) is 2.18. The minimum absolute atomic E-state index is 0.668.